The minimum absolute atomic E-state index is 0.769. The quantitative estimate of drug-likeness (QED) is 0.780. The van der Waals surface area contributed by atoms with Gasteiger partial charge < -0.3 is 10.6 Å². The van der Waals surface area contributed by atoms with Gasteiger partial charge in [-0.05, 0) is 19.4 Å². The van der Waals surface area contributed by atoms with E-state index < -0.39 is 0 Å². The molecule has 0 aliphatic heterocycles. The van der Waals surface area contributed by atoms with Crippen LogP contribution in [0.3, 0.4) is 0 Å². The summed E-state index contributed by atoms with van der Waals surface area (Å²) in [7, 11) is 0. The average molecular weight is 193 g/mol. The van der Waals surface area contributed by atoms with Crippen LogP contribution in [0.1, 0.15) is 26.7 Å². The number of aromatic nitrogens is 1. The highest BCUT2D eigenvalue weighted by Crippen LogP contribution is 2.21. The number of unbranched alkanes of at least 4 members (excludes halogenated alkanes) is 1. The Hall–Kier alpha value is -1.25. The van der Waals surface area contributed by atoms with Gasteiger partial charge in [-0.1, -0.05) is 13.3 Å². The van der Waals surface area contributed by atoms with Gasteiger partial charge in [-0.25, -0.2) is 0 Å². The topological polar surface area (TPSA) is 42.2 Å². The van der Waals surface area contributed by atoms with Crippen LogP contribution in [0, 0.1) is 0 Å². The van der Waals surface area contributed by atoms with Crippen molar-refractivity contribution in [3.63, 3.8) is 0 Å². The van der Waals surface area contributed by atoms with E-state index in [9.17, 15) is 0 Å². The van der Waals surface area contributed by atoms with E-state index in [-0.39, 0.29) is 0 Å². The zero-order valence-corrected chi connectivity index (χ0v) is 9.03. The average Bonchev–Trinajstić information content (AvgIpc) is 2.21. The normalized spacial score (nSPS) is 10.1. The van der Waals surface area contributed by atoms with Crippen molar-refractivity contribution in [3.8, 4) is 0 Å². The molecule has 0 spiro atoms. The molecular weight excluding hydrogens is 174 g/mol. The molecule has 0 atom stereocenters. The molecule has 14 heavy (non-hydrogen) atoms. The number of nitrogens with two attached hydrogens (primary N) is 1. The molecule has 0 aliphatic rings. The largest absolute Gasteiger partial charge is 0.396 e. The third-order valence-electron chi connectivity index (χ3n) is 2.33. The minimum Gasteiger partial charge on any atom is -0.396 e. The standard InChI is InChI=1S/C11H19N3/c1-3-5-8-14(4-2)11-6-7-13-9-10(11)12/h6-7,9H,3-5,8,12H2,1-2H3. The van der Waals surface area contributed by atoms with Crippen LogP contribution in [0.4, 0.5) is 11.4 Å². The zero-order chi connectivity index (χ0) is 10.4. The van der Waals surface area contributed by atoms with Crippen LogP contribution < -0.4 is 10.6 Å². The van der Waals surface area contributed by atoms with Gasteiger partial charge in [0.2, 0.25) is 0 Å². The van der Waals surface area contributed by atoms with Crippen molar-refractivity contribution in [2.75, 3.05) is 23.7 Å². The van der Waals surface area contributed by atoms with Gasteiger partial charge in [0.1, 0.15) is 0 Å². The Labute approximate surface area is 85.9 Å². The van der Waals surface area contributed by atoms with E-state index in [1.165, 1.54) is 12.8 Å². The van der Waals surface area contributed by atoms with Gasteiger partial charge in [0, 0.05) is 19.3 Å². The molecule has 0 radical (unpaired) electrons. The van der Waals surface area contributed by atoms with Gasteiger partial charge in [0.15, 0.2) is 0 Å². The highest BCUT2D eigenvalue weighted by atomic mass is 15.1. The summed E-state index contributed by atoms with van der Waals surface area (Å²) in [6.45, 7) is 6.41. The highest BCUT2D eigenvalue weighted by molar-refractivity contribution is 5.65. The molecule has 0 saturated heterocycles. The summed E-state index contributed by atoms with van der Waals surface area (Å²) in [5.74, 6) is 0. The van der Waals surface area contributed by atoms with E-state index in [0.717, 1.165) is 24.5 Å². The molecule has 0 aliphatic carbocycles. The van der Waals surface area contributed by atoms with E-state index in [1.807, 2.05) is 6.07 Å². The fraction of sp³-hybridized carbons (Fsp3) is 0.545. The molecule has 1 rings (SSSR count). The molecule has 0 aromatic carbocycles. The summed E-state index contributed by atoms with van der Waals surface area (Å²) in [6.07, 6.45) is 5.92. The van der Waals surface area contributed by atoms with Crippen LogP contribution in [-0.4, -0.2) is 18.1 Å². The van der Waals surface area contributed by atoms with Crippen molar-refractivity contribution in [2.45, 2.75) is 26.7 Å². The summed E-state index contributed by atoms with van der Waals surface area (Å²) >= 11 is 0. The lowest BCUT2D eigenvalue weighted by molar-refractivity contribution is 0.732. The predicted octanol–water partition coefficient (Wildman–Crippen LogP) is 2.29. The monoisotopic (exact) mass is 193 g/mol. The van der Waals surface area contributed by atoms with Crippen LogP contribution in [-0.2, 0) is 0 Å². The molecule has 0 amide bonds. The fourth-order valence-electron chi connectivity index (χ4n) is 1.49. The molecule has 0 saturated carbocycles. The maximum atomic E-state index is 5.86. The van der Waals surface area contributed by atoms with E-state index >= 15 is 0 Å². The van der Waals surface area contributed by atoms with E-state index in [4.69, 9.17) is 5.73 Å². The van der Waals surface area contributed by atoms with Crippen molar-refractivity contribution in [3.05, 3.63) is 18.5 Å². The molecule has 1 heterocycles. The van der Waals surface area contributed by atoms with Gasteiger partial charge in [-0.2, -0.15) is 0 Å². The highest BCUT2D eigenvalue weighted by Gasteiger charge is 2.06. The molecule has 78 valence electrons. The number of nitrogen functional groups attached to an aromatic ring is 1. The Balaban J connectivity index is 2.73. The number of hydrogen-bond acceptors (Lipinski definition) is 3. The lowest BCUT2D eigenvalue weighted by Gasteiger charge is -2.23. The predicted molar refractivity (Wildman–Crippen MR) is 61.4 cm³/mol. The maximum Gasteiger partial charge on any atom is 0.0738 e. The minimum atomic E-state index is 0.769. The van der Waals surface area contributed by atoms with Crippen LogP contribution in [0.2, 0.25) is 0 Å². The third-order valence-corrected chi connectivity index (χ3v) is 2.33. The molecule has 1 aromatic heterocycles. The second-order valence-electron chi connectivity index (χ2n) is 3.37. The Kier molecular flexibility index (Phi) is 4.23. The smallest absolute Gasteiger partial charge is 0.0738 e. The first-order chi connectivity index (χ1) is 6.79. The summed E-state index contributed by atoms with van der Waals surface area (Å²) in [5, 5.41) is 0. The van der Waals surface area contributed by atoms with Crippen molar-refractivity contribution >= 4 is 11.4 Å². The molecule has 0 bridgehead atoms. The van der Waals surface area contributed by atoms with Crippen LogP contribution >= 0.6 is 0 Å². The van der Waals surface area contributed by atoms with Crippen LogP contribution in [0.15, 0.2) is 18.5 Å². The van der Waals surface area contributed by atoms with Crippen molar-refractivity contribution in [2.24, 2.45) is 0 Å². The first-order valence-corrected chi connectivity index (χ1v) is 5.24. The van der Waals surface area contributed by atoms with Crippen molar-refractivity contribution in [1.29, 1.82) is 0 Å². The number of anilines is 2. The van der Waals surface area contributed by atoms with Crippen molar-refractivity contribution in [1.82, 2.24) is 4.98 Å². The second-order valence-corrected chi connectivity index (χ2v) is 3.37. The summed E-state index contributed by atoms with van der Waals surface area (Å²) in [5.41, 5.74) is 7.74. The Morgan fingerprint density at radius 2 is 2.21 bits per heavy atom. The summed E-state index contributed by atoms with van der Waals surface area (Å²) in [6, 6.07) is 1.98. The number of nitrogens with zero attached hydrogens (tertiary/aromatic N) is 2. The van der Waals surface area contributed by atoms with Crippen LogP contribution in [0.25, 0.3) is 0 Å². The molecule has 3 heteroatoms. The zero-order valence-electron chi connectivity index (χ0n) is 9.03. The van der Waals surface area contributed by atoms with Gasteiger partial charge >= 0.3 is 0 Å². The van der Waals surface area contributed by atoms with Gasteiger partial charge in [0.25, 0.3) is 0 Å². The summed E-state index contributed by atoms with van der Waals surface area (Å²) < 4.78 is 0. The van der Waals surface area contributed by atoms with Gasteiger partial charge in [0.05, 0.1) is 17.6 Å². The first-order valence-electron chi connectivity index (χ1n) is 5.24. The molecule has 1 aromatic rings. The number of hydrogen-bond donors (Lipinski definition) is 1. The summed E-state index contributed by atoms with van der Waals surface area (Å²) in [4.78, 5) is 6.28. The Morgan fingerprint density at radius 3 is 2.79 bits per heavy atom. The van der Waals surface area contributed by atoms with Gasteiger partial charge in [-0.3, -0.25) is 4.98 Å². The van der Waals surface area contributed by atoms with Crippen LogP contribution in [0.5, 0.6) is 0 Å². The molecule has 2 N–H and O–H groups in total. The van der Waals surface area contributed by atoms with Gasteiger partial charge in [-0.15, -0.1) is 0 Å². The van der Waals surface area contributed by atoms with E-state index in [0.29, 0.717) is 0 Å². The van der Waals surface area contributed by atoms with E-state index in [1.54, 1.807) is 12.4 Å². The maximum absolute atomic E-state index is 5.86. The lowest BCUT2D eigenvalue weighted by atomic mass is 10.2. The SMILES string of the molecule is CCCCN(CC)c1ccncc1N. The molecular formula is C11H19N3. The Morgan fingerprint density at radius 1 is 1.43 bits per heavy atom. The first kappa shape index (κ1) is 10.8. The molecule has 0 unspecified atom stereocenters. The number of rotatable bonds is 5. The molecule has 0 fully saturated rings. The number of pyridine rings is 1. The molecule has 3 nitrogen and oxygen atoms in total. The fourth-order valence-corrected chi connectivity index (χ4v) is 1.49. The Bertz CT molecular complexity index is 273. The van der Waals surface area contributed by atoms with Crippen molar-refractivity contribution < 1.29 is 0 Å². The lowest BCUT2D eigenvalue weighted by Crippen LogP contribution is -2.24. The second kappa shape index (κ2) is 5.47. The third kappa shape index (κ3) is 2.62. The van der Waals surface area contributed by atoms with E-state index in [2.05, 4.69) is 23.7 Å².